The summed E-state index contributed by atoms with van der Waals surface area (Å²) < 4.78 is 0. The van der Waals surface area contributed by atoms with E-state index in [2.05, 4.69) is 82.6 Å². The van der Waals surface area contributed by atoms with E-state index in [1.807, 2.05) is 0 Å². The average molecular weight is 413 g/mol. The van der Waals surface area contributed by atoms with E-state index in [1.165, 1.54) is 28.3 Å². The Morgan fingerprint density at radius 1 is 0.742 bits per heavy atom. The molecule has 0 saturated carbocycles. The Labute approximate surface area is 185 Å². The zero-order valence-corrected chi connectivity index (χ0v) is 18.3. The van der Waals surface area contributed by atoms with E-state index in [1.54, 1.807) is 0 Å². The van der Waals surface area contributed by atoms with Crippen LogP contribution in [0.2, 0.25) is 0 Å². The first-order valence-corrected chi connectivity index (χ1v) is 11.8. The Kier molecular flexibility index (Phi) is 5.78. The van der Waals surface area contributed by atoms with Gasteiger partial charge in [-0.05, 0) is 79.7 Å². The summed E-state index contributed by atoms with van der Waals surface area (Å²) in [4.78, 5) is 18.0. The number of aryl methyl sites for hydroxylation is 1. The molecule has 3 aromatic carbocycles. The van der Waals surface area contributed by atoms with Gasteiger partial charge in [-0.2, -0.15) is 0 Å². The molecule has 0 N–H and O–H groups in total. The molecule has 3 heteroatoms. The van der Waals surface area contributed by atoms with Gasteiger partial charge in [-0.1, -0.05) is 66.7 Å². The van der Waals surface area contributed by atoms with E-state index in [-0.39, 0.29) is 5.41 Å². The predicted octanol–water partition coefficient (Wildman–Crippen LogP) is 5.29. The van der Waals surface area contributed by atoms with Crippen molar-refractivity contribution in [3.8, 4) is 0 Å². The van der Waals surface area contributed by atoms with Crippen molar-refractivity contribution in [1.82, 2.24) is 9.80 Å². The van der Waals surface area contributed by atoms with Gasteiger partial charge in [0.1, 0.15) is 0 Å². The number of hydrogen-bond acceptors (Lipinski definition) is 2. The van der Waals surface area contributed by atoms with Crippen LogP contribution in [-0.2, 0) is 17.8 Å². The van der Waals surface area contributed by atoms with E-state index in [0.717, 1.165) is 58.4 Å². The second-order valence-corrected chi connectivity index (χ2v) is 9.37. The number of likely N-dealkylation sites (tertiary alicyclic amines) is 2. The topological polar surface area (TPSA) is 23.6 Å². The normalized spacial score (nSPS) is 18.8. The first-order chi connectivity index (χ1) is 15.2. The van der Waals surface area contributed by atoms with E-state index in [0.29, 0.717) is 5.91 Å². The molecule has 0 bridgehead atoms. The molecular formula is C28H32N2O. The number of rotatable bonds is 6. The lowest BCUT2D eigenvalue weighted by Gasteiger charge is -2.38. The Bertz CT molecular complexity index is 1040. The number of amides is 1. The summed E-state index contributed by atoms with van der Waals surface area (Å²) in [5.74, 6) is 0.393. The molecule has 2 saturated heterocycles. The Morgan fingerprint density at radius 2 is 1.45 bits per heavy atom. The van der Waals surface area contributed by atoms with Gasteiger partial charge in [0.2, 0.25) is 5.91 Å². The second kappa shape index (κ2) is 8.84. The molecule has 0 aromatic heterocycles. The fraction of sp³-hybridized carbons (Fsp3) is 0.393. The zero-order chi connectivity index (χ0) is 21.1. The van der Waals surface area contributed by atoms with Gasteiger partial charge in [0.25, 0.3) is 0 Å². The molecule has 2 aliphatic rings. The number of nitrogens with zero attached hydrogens (tertiary/aromatic N) is 2. The highest BCUT2D eigenvalue weighted by molar-refractivity contribution is 5.86. The monoisotopic (exact) mass is 412 g/mol. The van der Waals surface area contributed by atoms with Gasteiger partial charge in [-0.3, -0.25) is 4.79 Å². The van der Waals surface area contributed by atoms with Gasteiger partial charge in [0.15, 0.2) is 0 Å². The minimum Gasteiger partial charge on any atom is -0.338 e. The quantitative estimate of drug-likeness (QED) is 0.549. The number of piperidine rings is 1. The molecule has 3 aromatic rings. The fourth-order valence-corrected chi connectivity index (χ4v) is 5.42. The average Bonchev–Trinajstić information content (AvgIpc) is 3.11. The third-order valence-electron chi connectivity index (χ3n) is 7.38. The minimum absolute atomic E-state index is 0.104. The van der Waals surface area contributed by atoms with Gasteiger partial charge in [-0.15, -0.1) is 0 Å². The van der Waals surface area contributed by atoms with Crippen molar-refractivity contribution in [2.75, 3.05) is 26.2 Å². The van der Waals surface area contributed by atoms with Crippen molar-refractivity contribution < 1.29 is 4.79 Å². The molecule has 0 unspecified atom stereocenters. The van der Waals surface area contributed by atoms with Crippen molar-refractivity contribution in [3.63, 3.8) is 0 Å². The van der Waals surface area contributed by atoms with Crippen LogP contribution in [-0.4, -0.2) is 41.9 Å². The number of carbonyl (C=O) groups excluding carboxylic acids is 1. The first kappa shape index (κ1) is 20.3. The Hall–Kier alpha value is -2.65. The van der Waals surface area contributed by atoms with Crippen LogP contribution < -0.4 is 0 Å². The van der Waals surface area contributed by atoms with Crippen molar-refractivity contribution in [2.45, 2.75) is 38.6 Å². The third kappa shape index (κ3) is 4.38. The summed E-state index contributed by atoms with van der Waals surface area (Å²) in [6.07, 6.45) is 5.40. The number of benzene rings is 3. The summed E-state index contributed by atoms with van der Waals surface area (Å²) in [7, 11) is 0. The number of fused-ring (bicyclic) bond motifs is 1. The maximum Gasteiger partial charge on any atom is 0.229 e. The van der Waals surface area contributed by atoms with Crippen LogP contribution in [0.3, 0.4) is 0 Å². The highest BCUT2D eigenvalue weighted by Gasteiger charge is 2.47. The second-order valence-electron chi connectivity index (χ2n) is 9.37. The Balaban J connectivity index is 1.14. The largest absolute Gasteiger partial charge is 0.338 e. The molecule has 31 heavy (non-hydrogen) atoms. The van der Waals surface area contributed by atoms with Crippen LogP contribution in [0.1, 0.15) is 36.8 Å². The van der Waals surface area contributed by atoms with Crippen LogP contribution >= 0.6 is 0 Å². The van der Waals surface area contributed by atoms with Crippen molar-refractivity contribution in [3.05, 3.63) is 83.9 Å². The van der Waals surface area contributed by atoms with Crippen LogP contribution in [0.25, 0.3) is 10.8 Å². The van der Waals surface area contributed by atoms with Gasteiger partial charge in [0, 0.05) is 13.1 Å². The lowest BCUT2D eigenvalue weighted by atomic mass is 9.77. The van der Waals surface area contributed by atoms with Crippen LogP contribution in [0.5, 0.6) is 0 Å². The molecule has 0 radical (unpaired) electrons. The maximum absolute atomic E-state index is 13.4. The van der Waals surface area contributed by atoms with E-state index >= 15 is 0 Å². The van der Waals surface area contributed by atoms with Gasteiger partial charge >= 0.3 is 0 Å². The minimum atomic E-state index is -0.104. The summed E-state index contributed by atoms with van der Waals surface area (Å²) >= 11 is 0. The molecule has 1 amide bonds. The molecular weight excluding hydrogens is 380 g/mol. The zero-order valence-electron chi connectivity index (χ0n) is 18.3. The first-order valence-electron chi connectivity index (χ1n) is 11.8. The van der Waals surface area contributed by atoms with Gasteiger partial charge in [-0.25, -0.2) is 0 Å². The summed E-state index contributed by atoms with van der Waals surface area (Å²) in [6, 6.07) is 25.8. The fourth-order valence-electron chi connectivity index (χ4n) is 5.42. The van der Waals surface area contributed by atoms with Crippen LogP contribution in [0.4, 0.5) is 0 Å². The molecule has 0 atom stereocenters. The summed E-state index contributed by atoms with van der Waals surface area (Å²) in [6.45, 7) is 4.90. The maximum atomic E-state index is 13.4. The third-order valence-corrected chi connectivity index (χ3v) is 7.38. The van der Waals surface area contributed by atoms with E-state index in [9.17, 15) is 4.79 Å². The van der Waals surface area contributed by atoms with Crippen LogP contribution in [0.15, 0.2) is 72.8 Å². The highest BCUT2D eigenvalue weighted by atomic mass is 16.2. The standard InChI is InChI=1S/C28H32N2O/c31-27-28(14-18-29(19-15-28)17-6-9-23-7-2-1-3-8-23)16-20-30(27)22-24-12-13-25-10-4-5-11-26(25)21-24/h1-5,7-8,10-13,21H,6,9,14-20,22H2. The van der Waals surface area contributed by atoms with Gasteiger partial charge in [0.05, 0.1) is 5.41 Å². The number of hydrogen-bond donors (Lipinski definition) is 0. The van der Waals surface area contributed by atoms with Crippen molar-refractivity contribution in [1.29, 1.82) is 0 Å². The molecule has 0 aliphatic carbocycles. The smallest absolute Gasteiger partial charge is 0.229 e. The summed E-state index contributed by atoms with van der Waals surface area (Å²) in [5.41, 5.74) is 2.56. The lowest BCUT2D eigenvalue weighted by molar-refractivity contribution is -0.138. The molecule has 3 nitrogen and oxygen atoms in total. The molecule has 2 aliphatic heterocycles. The highest BCUT2D eigenvalue weighted by Crippen LogP contribution is 2.42. The number of carbonyl (C=O) groups is 1. The Morgan fingerprint density at radius 3 is 2.26 bits per heavy atom. The molecule has 1 spiro atoms. The SMILES string of the molecule is O=C1N(Cc2ccc3ccccc3c2)CCC12CCN(CCCc1ccccc1)CC2. The molecule has 5 rings (SSSR count). The molecule has 160 valence electrons. The van der Waals surface area contributed by atoms with Crippen LogP contribution in [0, 0.1) is 5.41 Å². The molecule has 2 fully saturated rings. The van der Waals surface area contributed by atoms with E-state index in [4.69, 9.17) is 0 Å². The van der Waals surface area contributed by atoms with Crippen molar-refractivity contribution >= 4 is 16.7 Å². The van der Waals surface area contributed by atoms with Crippen molar-refractivity contribution in [2.24, 2.45) is 5.41 Å². The molecule has 2 heterocycles. The van der Waals surface area contributed by atoms with Gasteiger partial charge < -0.3 is 9.80 Å². The van der Waals surface area contributed by atoms with E-state index < -0.39 is 0 Å². The summed E-state index contributed by atoms with van der Waals surface area (Å²) in [5, 5.41) is 2.51. The lowest BCUT2D eigenvalue weighted by Crippen LogP contribution is -2.44. The predicted molar refractivity (Wildman–Crippen MR) is 127 cm³/mol.